The van der Waals surface area contributed by atoms with Gasteiger partial charge in [-0.3, -0.25) is 14.6 Å². The zero-order valence-electron chi connectivity index (χ0n) is 14.1. The van der Waals surface area contributed by atoms with Gasteiger partial charge in [0.05, 0.1) is 18.3 Å². The topological polar surface area (TPSA) is 43.6 Å². The van der Waals surface area contributed by atoms with Crippen LogP contribution in [0.5, 0.6) is 0 Å². The summed E-state index contributed by atoms with van der Waals surface area (Å²) in [5.41, 5.74) is 6.50. The van der Waals surface area contributed by atoms with Gasteiger partial charge in [-0.2, -0.15) is 5.10 Å². The van der Waals surface area contributed by atoms with Gasteiger partial charge in [0.2, 0.25) is 0 Å². The van der Waals surface area contributed by atoms with Gasteiger partial charge in [0.15, 0.2) is 0 Å². The van der Waals surface area contributed by atoms with Crippen LogP contribution in [-0.2, 0) is 6.54 Å². The molecule has 3 heterocycles. The lowest BCUT2D eigenvalue weighted by molar-refractivity contribution is 0.619. The van der Waals surface area contributed by atoms with Gasteiger partial charge in [-0.25, -0.2) is 4.39 Å². The first kappa shape index (κ1) is 15.4. The smallest absolute Gasteiger partial charge is 0.126 e. The fraction of sp³-hybridized carbons (Fsp3) is 0.150. The fourth-order valence-electron chi connectivity index (χ4n) is 2.94. The second-order valence-corrected chi connectivity index (χ2v) is 6.27. The normalized spacial score (nSPS) is 11.2. The highest BCUT2D eigenvalue weighted by molar-refractivity contribution is 5.80. The highest BCUT2D eigenvalue weighted by atomic mass is 19.1. The van der Waals surface area contributed by atoms with E-state index in [4.69, 9.17) is 0 Å². The Bertz CT molecular complexity index is 1070. The molecule has 4 rings (SSSR count). The van der Waals surface area contributed by atoms with E-state index in [0.717, 1.165) is 33.3 Å². The van der Waals surface area contributed by atoms with E-state index in [2.05, 4.69) is 21.1 Å². The minimum atomic E-state index is -0.199. The van der Waals surface area contributed by atoms with Crippen LogP contribution in [-0.4, -0.2) is 19.7 Å². The predicted octanol–water partition coefficient (Wildman–Crippen LogP) is 4.30. The van der Waals surface area contributed by atoms with Gasteiger partial charge in [0.25, 0.3) is 0 Å². The number of rotatable bonds is 3. The summed E-state index contributed by atoms with van der Waals surface area (Å²) in [4.78, 5) is 8.73. The molecule has 0 unspecified atom stereocenters. The molecule has 4 nitrogen and oxygen atoms in total. The van der Waals surface area contributed by atoms with E-state index in [9.17, 15) is 4.39 Å². The van der Waals surface area contributed by atoms with E-state index in [0.29, 0.717) is 12.1 Å². The van der Waals surface area contributed by atoms with Crippen LogP contribution in [0, 0.1) is 19.7 Å². The highest BCUT2D eigenvalue weighted by Gasteiger charge is 2.09. The summed E-state index contributed by atoms with van der Waals surface area (Å²) < 4.78 is 15.4. The third kappa shape index (κ3) is 3.01. The first-order valence-electron chi connectivity index (χ1n) is 8.09. The molecule has 0 spiro atoms. The molecule has 0 amide bonds. The SMILES string of the molecule is Cc1cncc(Cn2ncc3ncc(-c4ccc(F)c(C)c4)cc32)c1. The van der Waals surface area contributed by atoms with E-state index in [1.165, 1.54) is 6.07 Å². The number of pyridine rings is 2. The Morgan fingerprint density at radius 2 is 1.84 bits per heavy atom. The Morgan fingerprint density at radius 1 is 0.960 bits per heavy atom. The van der Waals surface area contributed by atoms with Gasteiger partial charge in [-0.05, 0) is 54.3 Å². The molecule has 0 aliphatic rings. The van der Waals surface area contributed by atoms with Crippen LogP contribution in [0.4, 0.5) is 4.39 Å². The van der Waals surface area contributed by atoms with Crippen LogP contribution < -0.4 is 0 Å². The number of halogens is 1. The number of hydrogen-bond donors (Lipinski definition) is 0. The molecular formula is C20H17FN4. The summed E-state index contributed by atoms with van der Waals surface area (Å²) in [6.07, 6.45) is 7.25. The number of benzene rings is 1. The van der Waals surface area contributed by atoms with E-state index >= 15 is 0 Å². The summed E-state index contributed by atoms with van der Waals surface area (Å²) in [5, 5.41) is 4.45. The molecule has 124 valence electrons. The van der Waals surface area contributed by atoms with Crippen molar-refractivity contribution < 1.29 is 4.39 Å². The van der Waals surface area contributed by atoms with Crippen LogP contribution in [0.3, 0.4) is 0 Å². The van der Waals surface area contributed by atoms with Crippen molar-refractivity contribution in [1.29, 1.82) is 0 Å². The van der Waals surface area contributed by atoms with E-state index < -0.39 is 0 Å². The van der Waals surface area contributed by atoms with Gasteiger partial charge in [0, 0.05) is 24.2 Å². The zero-order chi connectivity index (χ0) is 17.4. The van der Waals surface area contributed by atoms with Crippen molar-refractivity contribution in [2.24, 2.45) is 0 Å². The quantitative estimate of drug-likeness (QED) is 0.562. The predicted molar refractivity (Wildman–Crippen MR) is 95.7 cm³/mol. The summed E-state index contributed by atoms with van der Waals surface area (Å²) in [6, 6.07) is 9.25. The Hall–Kier alpha value is -3.08. The van der Waals surface area contributed by atoms with Gasteiger partial charge in [0.1, 0.15) is 11.3 Å². The largest absolute Gasteiger partial charge is 0.264 e. The van der Waals surface area contributed by atoms with Gasteiger partial charge >= 0.3 is 0 Å². The first-order valence-corrected chi connectivity index (χ1v) is 8.09. The molecule has 0 aliphatic heterocycles. The molecule has 3 aromatic heterocycles. The average Bonchev–Trinajstić information content (AvgIpc) is 2.99. The van der Waals surface area contributed by atoms with Crippen molar-refractivity contribution >= 4 is 11.0 Å². The number of hydrogen-bond acceptors (Lipinski definition) is 3. The number of aromatic nitrogens is 4. The third-order valence-corrected chi connectivity index (χ3v) is 4.25. The van der Waals surface area contributed by atoms with Crippen LogP contribution in [0.2, 0.25) is 0 Å². The average molecular weight is 332 g/mol. The Balaban J connectivity index is 1.75. The molecule has 0 N–H and O–H groups in total. The number of fused-ring (bicyclic) bond motifs is 1. The maximum atomic E-state index is 13.5. The summed E-state index contributed by atoms with van der Waals surface area (Å²) in [7, 11) is 0. The Labute approximate surface area is 145 Å². The highest BCUT2D eigenvalue weighted by Crippen LogP contribution is 2.24. The molecule has 0 fully saturated rings. The molecule has 0 aliphatic carbocycles. The van der Waals surface area contributed by atoms with Crippen LogP contribution in [0.25, 0.3) is 22.2 Å². The Kier molecular flexibility index (Phi) is 3.76. The minimum absolute atomic E-state index is 0.199. The summed E-state index contributed by atoms with van der Waals surface area (Å²) in [5.74, 6) is -0.199. The lowest BCUT2D eigenvalue weighted by Gasteiger charge is -2.07. The molecule has 0 saturated heterocycles. The second-order valence-electron chi connectivity index (χ2n) is 6.27. The Morgan fingerprint density at radius 3 is 2.64 bits per heavy atom. The van der Waals surface area contributed by atoms with Gasteiger partial charge in [-0.1, -0.05) is 12.1 Å². The minimum Gasteiger partial charge on any atom is -0.264 e. The fourth-order valence-corrected chi connectivity index (χ4v) is 2.94. The summed E-state index contributed by atoms with van der Waals surface area (Å²) in [6.45, 7) is 4.42. The number of nitrogens with zero attached hydrogens (tertiary/aromatic N) is 4. The van der Waals surface area contributed by atoms with Crippen molar-refractivity contribution in [2.45, 2.75) is 20.4 Å². The molecule has 5 heteroatoms. The molecular weight excluding hydrogens is 315 g/mol. The number of aryl methyl sites for hydroxylation is 2. The van der Waals surface area contributed by atoms with Crippen molar-refractivity contribution in [2.75, 3.05) is 0 Å². The van der Waals surface area contributed by atoms with Crippen molar-refractivity contribution in [3.63, 3.8) is 0 Å². The molecule has 25 heavy (non-hydrogen) atoms. The molecule has 0 atom stereocenters. The van der Waals surface area contributed by atoms with Crippen molar-refractivity contribution in [3.8, 4) is 11.1 Å². The standard InChI is InChI=1S/C20H17FN4/c1-13-5-15(9-22-8-13)12-25-20-7-17(10-23-19(20)11-24-25)16-3-4-18(21)14(2)6-16/h3-11H,12H2,1-2H3. The third-order valence-electron chi connectivity index (χ3n) is 4.25. The van der Waals surface area contributed by atoms with E-state index in [-0.39, 0.29) is 5.82 Å². The van der Waals surface area contributed by atoms with E-state index in [1.54, 1.807) is 25.4 Å². The lowest BCUT2D eigenvalue weighted by Crippen LogP contribution is -2.02. The van der Waals surface area contributed by atoms with E-state index in [1.807, 2.05) is 36.1 Å². The molecule has 0 radical (unpaired) electrons. The maximum absolute atomic E-state index is 13.5. The zero-order valence-corrected chi connectivity index (χ0v) is 14.1. The first-order chi connectivity index (χ1) is 12.1. The monoisotopic (exact) mass is 332 g/mol. The van der Waals surface area contributed by atoms with Crippen LogP contribution in [0.15, 0.2) is 55.1 Å². The molecule has 0 bridgehead atoms. The second kappa shape index (κ2) is 6.09. The molecule has 1 aromatic carbocycles. The molecule has 0 saturated carbocycles. The van der Waals surface area contributed by atoms with Gasteiger partial charge in [-0.15, -0.1) is 0 Å². The van der Waals surface area contributed by atoms with Crippen molar-refractivity contribution in [1.82, 2.24) is 19.7 Å². The van der Waals surface area contributed by atoms with Gasteiger partial charge < -0.3 is 0 Å². The summed E-state index contributed by atoms with van der Waals surface area (Å²) >= 11 is 0. The van der Waals surface area contributed by atoms with Crippen LogP contribution >= 0.6 is 0 Å². The van der Waals surface area contributed by atoms with Crippen molar-refractivity contribution in [3.05, 3.63) is 77.6 Å². The van der Waals surface area contributed by atoms with Crippen LogP contribution in [0.1, 0.15) is 16.7 Å². The molecule has 4 aromatic rings. The lowest BCUT2D eigenvalue weighted by atomic mass is 10.0. The maximum Gasteiger partial charge on any atom is 0.126 e.